The van der Waals surface area contributed by atoms with E-state index in [2.05, 4.69) is 0 Å². The third kappa shape index (κ3) is 3.35. The molecular formula is C18H13FN2O4S2. The minimum absolute atomic E-state index is 0.394. The maximum atomic E-state index is 13.6. The number of fused-ring (bicyclic) bond motifs is 1. The second kappa shape index (κ2) is 7.16. The summed E-state index contributed by atoms with van der Waals surface area (Å²) in [6.07, 6.45) is 4.37. The number of benzene rings is 1. The molecule has 27 heavy (non-hydrogen) atoms. The highest BCUT2D eigenvalue weighted by Gasteiger charge is 2.29. The van der Waals surface area contributed by atoms with E-state index < -0.39 is 28.1 Å². The molecule has 0 spiro atoms. The Balaban J connectivity index is 1.78. The van der Waals surface area contributed by atoms with E-state index in [0.717, 1.165) is 40.1 Å². The van der Waals surface area contributed by atoms with Crippen molar-refractivity contribution in [3.05, 3.63) is 74.7 Å². The van der Waals surface area contributed by atoms with E-state index in [1.165, 1.54) is 11.3 Å². The number of nitrogens with zero attached hydrogens (tertiary/aromatic N) is 2. The highest BCUT2D eigenvalue weighted by molar-refractivity contribution is 7.98. The first kappa shape index (κ1) is 17.7. The van der Waals surface area contributed by atoms with Crippen molar-refractivity contribution in [1.82, 2.24) is 4.57 Å². The van der Waals surface area contributed by atoms with Gasteiger partial charge in [0.15, 0.2) is 0 Å². The number of nitro groups is 1. The first-order chi connectivity index (χ1) is 13.0. The average Bonchev–Trinajstić information content (AvgIpc) is 3.28. The van der Waals surface area contributed by atoms with E-state index in [9.17, 15) is 19.3 Å². The molecule has 0 atom stereocenters. The third-order valence-electron chi connectivity index (χ3n) is 4.17. The van der Waals surface area contributed by atoms with Gasteiger partial charge in [-0.2, -0.15) is 11.8 Å². The fourth-order valence-corrected chi connectivity index (χ4v) is 5.39. The molecule has 0 radical (unpaired) electrons. The maximum absolute atomic E-state index is 13.6. The Bertz CT molecular complexity index is 1030. The van der Waals surface area contributed by atoms with Gasteiger partial charge in [-0.25, -0.2) is 9.18 Å². The van der Waals surface area contributed by atoms with Crippen LogP contribution in [-0.4, -0.2) is 21.2 Å². The number of rotatable bonds is 4. The van der Waals surface area contributed by atoms with Crippen LogP contribution in [0.4, 0.5) is 10.1 Å². The van der Waals surface area contributed by atoms with Crippen LogP contribution in [0.1, 0.15) is 20.8 Å². The Hall–Kier alpha value is -2.65. The van der Waals surface area contributed by atoms with Gasteiger partial charge in [-0.3, -0.25) is 10.1 Å². The second-order valence-electron chi connectivity index (χ2n) is 5.84. The molecule has 1 aliphatic heterocycles. The molecule has 0 fully saturated rings. The fraction of sp³-hybridized carbons (Fsp3) is 0.167. The van der Waals surface area contributed by atoms with Crippen molar-refractivity contribution in [2.45, 2.75) is 12.2 Å². The Labute approximate surface area is 161 Å². The number of thiophene rings is 1. The van der Waals surface area contributed by atoms with E-state index in [1.54, 1.807) is 11.8 Å². The van der Waals surface area contributed by atoms with Gasteiger partial charge in [0.25, 0.3) is 0 Å². The van der Waals surface area contributed by atoms with Crippen LogP contribution in [-0.2, 0) is 12.2 Å². The smallest absolute Gasteiger partial charge is 0.347 e. The first-order valence-electron chi connectivity index (χ1n) is 8.06. The van der Waals surface area contributed by atoms with Gasteiger partial charge in [-0.05, 0) is 35.9 Å². The molecule has 6 nitrogen and oxygen atoms in total. The molecule has 1 aliphatic rings. The number of aromatic nitrogens is 1. The van der Waals surface area contributed by atoms with E-state index in [4.69, 9.17) is 4.74 Å². The summed E-state index contributed by atoms with van der Waals surface area (Å²) >= 11 is 3.30. The van der Waals surface area contributed by atoms with Crippen molar-refractivity contribution in [3.8, 4) is 10.8 Å². The minimum atomic E-state index is -0.711. The standard InChI is InChI=1S/C18H13FN2O4S2/c19-11-3-4-13(21(23)24)14(9-11)25-18(22)16-12-5-8-26-10-15(12)27-17(16)20-6-1-2-7-20/h1-4,6-7,9H,5,8,10H2. The van der Waals surface area contributed by atoms with Crippen molar-refractivity contribution in [3.63, 3.8) is 0 Å². The summed E-state index contributed by atoms with van der Waals surface area (Å²) in [5.41, 5.74) is 0.850. The van der Waals surface area contributed by atoms with Gasteiger partial charge in [0.05, 0.1) is 10.5 Å². The number of ether oxygens (including phenoxy) is 1. The van der Waals surface area contributed by atoms with E-state index in [1.807, 2.05) is 29.1 Å². The molecule has 0 unspecified atom stereocenters. The van der Waals surface area contributed by atoms with E-state index in [0.29, 0.717) is 17.0 Å². The number of nitro benzene ring substituents is 1. The highest BCUT2D eigenvalue weighted by atomic mass is 32.2. The van der Waals surface area contributed by atoms with Gasteiger partial charge in [0.2, 0.25) is 5.75 Å². The van der Waals surface area contributed by atoms with Crippen LogP contribution in [0, 0.1) is 15.9 Å². The summed E-state index contributed by atoms with van der Waals surface area (Å²) in [7, 11) is 0. The van der Waals surface area contributed by atoms with Gasteiger partial charge in [-0.15, -0.1) is 11.3 Å². The number of hydrogen-bond acceptors (Lipinski definition) is 6. The molecule has 138 valence electrons. The molecule has 3 heterocycles. The number of carbonyl (C=O) groups excluding carboxylic acids is 1. The molecule has 1 aromatic carbocycles. The minimum Gasteiger partial charge on any atom is -0.415 e. The molecule has 0 amide bonds. The zero-order chi connectivity index (χ0) is 19.0. The highest BCUT2D eigenvalue weighted by Crippen LogP contribution is 2.39. The second-order valence-corrected chi connectivity index (χ2v) is 8.02. The summed E-state index contributed by atoms with van der Waals surface area (Å²) < 4.78 is 20.7. The maximum Gasteiger partial charge on any atom is 0.347 e. The number of hydrogen-bond donors (Lipinski definition) is 0. The molecule has 0 saturated heterocycles. The number of thioether (sulfide) groups is 1. The van der Waals surface area contributed by atoms with Crippen LogP contribution in [0.15, 0.2) is 42.7 Å². The lowest BCUT2D eigenvalue weighted by molar-refractivity contribution is -0.385. The lowest BCUT2D eigenvalue weighted by Gasteiger charge is -2.12. The third-order valence-corrected chi connectivity index (χ3v) is 6.58. The van der Waals surface area contributed by atoms with Crippen LogP contribution >= 0.6 is 23.1 Å². The van der Waals surface area contributed by atoms with Crippen LogP contribution in [0.2, 0.25) is 0 Å². The first-order valence-corrected chi connectivity index (χ1v) is 10.0. The Morgan fingerprint density at radius 3 is 2.81 bits per heavy atom. The average molecular weight is 404 g/mol. The number of esters is 1. The topological polar surface area (TPSA) is 74.4 Å². The Morgan fingerprint density at radius 1 is 1.30 bits per heavy atom. The largest absolute Gasteiger partial charge is 0.415 e. The summed E-state index contributed by atoms with van der Waals surface area (Å²) in [4.78, 5) is 24.5. The SMILES string of the molecule is O=C(Oc1cc(F)ccc1[N+](=O)[O-])c1c(-n2cccc2)sc2c1CCSC2. The lowest BCUT2D eigenvalue weighted by Crippen LogP contribution is -2.15. The predicted molar refractivity (Wildman–Crippen MR) is 102 cm³/mol. The molecule has 0 aliphatic carbocycles. The number of carbonyl (C=O) groups is 1. The van der Waals surface area contributed by atoms with E-state index in [-0.39, 0.29) is 0 Å². The van der Waals surface area contributed by atoms with Crippen LogP contribution in [0.25, 0.3) is 5.00 Å². The van der Waals surface area contributed by atoms with E-state index >= 15 is 0 Å². The van der Waals surface area contributed by atoms with Crippen molar-refractivity contribution in [2.75, 3.05) is 5.75 Å². The quantitative estimate of drug-likeness (QED) is 0.275. The summed E-state index contributed by atoms with van der Waals surface area (Å²) in [6.45, 7) is 0. The zero-order valence-corrected chi connectivity index (χ0v) is 15.5. The normalized spacial score (nSPS) is 13.2. The summed E-state index contributed by atoms with van der Waals surface area (Å²) in [5, 5.41) is 11.9. The summed E-state index contributed by atoms with van der Waals surface area (Å²) in [5.74, 6) is -0.125. The molecular weight excluding hydrogens is 391 g/mol. The van der Waals surface area contributed by atoms with Crippen molar-refractivity contribution >= 4 is 34.8 Å². The van der Waals surface area contributed by atoms with Crippen LogP contribution in [0.3, 0.4) is 0 Å². The Kier molecular flexibility index (Phi) is 4.71. The van der Waals surface area contributed by atoms with Gasteiger partial charge in [0, 0.05) is 35.2 Å². The Morgan fingerprint density at radius 2 is 2.07 bits per heavy atom. The van der Waals surface area contributed by atoms with Gasteiger partial charge in [0.1, 0.15) is 10.8 Å². The molecule has 0 bridgehead atoms. The van der Waals surface area contributed by atoms with Crippen LogP contribution in [0.5, 0.6) is 5.75 Å². The molecule has 4 rings (SSSR count). The van der Waals surface area contributed by atoms with Gasteiger partial charge in [-0.1, -0.05) is 0 Å². The molecule has 2 aromatic heterocycles. The summed E-state index contributed by atoms with van der Waals surface area (Å²) in [6, 6.07) is 6.51. The fourth-order valence-electron chi connectivity index (χ4n) is 2.95. The van der Waals surface area contributed by atoms with Crippen molar-refractivity contribution < 1.29 is 18.8 Å². The number of halogens is 1. The van der Waals surface area contributed by atoms with Gasteiger partial charge >= 0.3 is 11.7 Å². The van der Waals surface area contributed by atoms with Crippen molar-refractivity contribution in [2.24, 2.45) is 0 Å². The van der Waals surface area contributed by atoms with Crippen LogP contribution < -0.4 is 4.74 Å². The molecule has 0 saturated carbocycles. The predicted octanol–water partition coefficient (Wildman–Crippen LogP) is 4.59. The molecule has 0 N–H and O–H groups in total. The monoisotopic (exact) mass is 404 g/mol. The van der Waals surface area contributed by atoms with Crippen molar-refractivity contribution in [1.29, 1.82) is 0 Å². The molecule has 9 heteroatoms. The zero-order valence-electron chi connectivity index (χ0n) is 13.9. The van der Waals surface area contributed by atoms with Gasteiger partial charge < -0.3 is 9.30 Å². The molecule has 3 aromatic rings. The lowest BCUT2D eigenvalue weighted by atomic mass is 10.1.